The number of hydrogen-bond acceptors (Lipinski definition) is 2. The van der Waals surface area contributed by atoms with Crippen LogP contribution in [-0.2, 0) is 0 Å². The molecule has 0 fully saturated rings. The maximum absolute atomic E-state index is 9.95. The van der Waals surface area contributed by atoms with E-state index >= 15 is 0 Å². The quantitative estimate of drug-likeness (QED) is 0.831. The molecule has 0 spiro atoms. The second kappa shape index (κ2) is 5.02. The van der Waals surface area contributed by atoms with Gasteiger partial charge in [-0.25, -0.2) is 0 Å². The van der Waals surface area contributed by atoms with Crippen LogP contribution >= 0.6 is 15.9 Å². The van der Waals surface area contributed by atoms with E-state index in [4.69, 9.17) is 5.73 Å². The molecule has 1 rings (SSSR count). The number of aryl methyl sites for hydroxylation is 1. The number of rotatable bonds is 3. The minimum Gasteiger partial charge on any atom is -0.508 e. The molecule has 0 unspecified atom stereocenters. The summed E-state index contributed by atoms with van der Waals surface area (Å²) in [6, 6.07) is 1.54. The van der Waals surface area contributed by atoms with Crippen LogP contribution < -0.4 is 5.73 Å². The topological polar surface area (TPSA) is 46.2 Å². The highest BCUT2D eigenvalue weighted by atomic mass is 79.9. The SMILES string of the molecule is C=C(C)C[C@H](N)c1c(O)cc(C)c(Br)c1C. The Kier molecular flexibility index (Phi) is 4.16. The van der Waals surface area contributed by atoms with Gasteiger partial charge in [-0.05, 0) is 44.4 Å². The minimum atomic E-state index is -0.200. The van der Waals surface area contributed by atoms with Gasteiger partial charge >= 0.3 is 0 Å². The van der Waals surface area contributed by atoms with Crippen molar-refractivity contribution in [3.63, 3.8) is 0 Å². The summed E-state index contributed by atoms with van der Waals surface area (Å²) in [7, 11) is 0. The number of hydrogen-bond donors (Lipinski definition) is 2. The van der Waals surface area contributed by atoms with Crippen LogP contribution in [0.2, 0.25) is 0 Å². The van der Waals surface area contributed by atoms with E-state index in [1.54, 1.807) is 6.07 Å². The number of aromatic hydroxyl groups is 1. The molecule has 0 aliphatic heterocycles. The Labute approximate surface area is 105 Å². The molecule has 1 aromatic carbocycles. The second-order valence-corrected chi connectivity index (χ2v) is 5.13. The first-order valence-corrected chi connectivity index (χ1v) is 6.02. The fourth-order valence-electron chi connectivity index (χ4n) is 1.90. The highest BCUT2D eigenvalue weighted by Crippen LogP contribution is 2.35. The monoisotopic (exact) mass is 283 g/mol. The highest BCUT2D eigenvalue weighted by Gasteiger charge is 2.17. The molecule has 0 heterocycles. The molecule has 3 heteroatoms. The second-order valence-electron chi connectivity index (χ2n) is 4.33. The Balaban J connectivity index is 3.23. The Bertz CT molecular complexity index is 426. The fourth-order valence-corrected chi connectivity index (χ4v) is 2.23. The number of phenols is 1. The zero-order valence-corrected chi connectivity index (χ0v) is 11.6. The fraction of sp³-hybridized carbons (Fsp3) is 0.385. The molecule has 3 N–H and O–H groups in total. The molecule has 88 valence electrons. The average molecular weight is 284 g/mol. The van der Waals surface area contributed by atoms with Gasteiger partial charge in [0.2, 0.25) is 0 Å². The predicted octanol–water partition coefficient (Wildman–Crippen LogP) is 3.74. The van der Waals surface area contributed by atoms with Gasteiger partial charge in [0, 0.05) is 16.1 Å². The van der Waals surface area contributed by atoms with Crippen LogP contribution in [-0.4, -0.2) is 5.11 Å². The third kappa shape index (κ3) is 2.66. The van der Waals surface area contributed by atoms with Gasteiger partial charge in [-0.2, -0.15) is 0 Å². The maximum Gasteiger partial charge on any atom is 0.120 e. The van der Waals surface area contributed by atoms with E-state index in [1.165, 1.54) is 0 Å². The number of halogens is 1. The molecule has 1 aromatic rings. The Morgan fingerprint density at radius 2 is 2.12 bits per heavy atom. The first-order valence-electron chi connectivity index (χ1n) is 5.23. The number of benzene rings is 1. The van der Waals surface area contributed by atoms with Crippen LogP contribution in [0.5, 0.6) is 5.75 Å². The van der Waals surface area contributed by atoms with E-state index in [0.717, 1.165) is 26.7 Å². The van der Waals surface area contributed by atoms with Gasteiger partial charge in [0.05, 0.1) is 0 Å². The van der Waals surface area contributed by atoms with Crippen molar-refractivity contribution in [3.05, 3.63) is 39.4 Å². The predicted molar refractivity (Wildman–Crippen MR) is 71.6 cm³/mol. The minimum absolute atomic E-state index is 0.200. The lowest BCUT2D eigenvalue weighted by Crippen LogP contribution is -2.13. The third-order valence-corrected chi connectivity index (χ3v) is 3.87. The van der Waals surface area contributed by atoms with E-state index in [1.807, 2.05) is 20.8 Å². The molecule has 0 aliphatic rings. The molecular formula is C13H18BrNO. The maximum atomic E-state index is 9.95. The number of phenolic OH excluding ortho intramolecular Hbond substituents is 1. The van der Waals surface area contributed by atoms with Gasteiger partial charge in [0.15, 0.2) is 0 Å². The van der Waals surface area contributed by atoms with Crippen LogP contribution in [0.3, 0.4) is 0 Å². The van der Waals surface area contributed by atoms with E-state index in [2.05, 4.69) is 22.5 Å². The number of nitrogens with two attached hydrogens (primary N) is 1. The summed E-state index contributed by atoms with van der Waals surface area (Å²) in [5.74, 6) is 0.270. The van der Waals surface area contributed by atoms with Crippen molar-refractivity contribution in [1.29, 1.82) is 0 Å². The molecule has 2 nitrogen and oxygen atoms in total. The lowest BCUT2D eigenvalue weighted by molar-refractivity contribution is 0.459. The summed E-state index contributed by atoms with van der Waals surface area (Å²) < 4.78 is 1.01. The van der Waals surface area contributed by atoms with E-state index in [9.17, 15) is 5.11 Å². The van der Waals surface area contributed by atoms with Crippen molar-refractivity contribution in [1.82, 2.24) is 0 Å². The molecular weight excluding hydrogens is 266 g/mol. The smallest absolute Gasteiger partial charge is 0.120 e. The summed E-state index contributed by atoms with van der Waals surface area (Å²) in [6.07, 6.45) is 0.684. The Morgan fingerprint density at radius 1 is 1.56 bits per heavy atom. The lowest BCUT2D eigenvalue weighted by Gasteiger charge is -2.18. The van der Waals surface area contributed by atoms with Gasteiger partial charge < -0.3 is 10.8 Å². The standard InChI is InChI=1S/C13H18BrNO/c1-7(2)5-10(15)12-9(4)13(14)8(3)6-11(12)16/h6,10,16H,1,5,15H2,2-4H3/t10-/m0/s1. The zero-order valence-electron chi connectivity index (χ0n) is 9.97. The van der Waals surface area contributed by atoms with Crippen LogP contribution in [0.15, 0.2) is 22.7 Å². The first kappa shape index (κ1) is 13.3. The van der Waals surface area contributed by atoms with Crippen molar-refractivity contribution in [2.45, 2.75) is 33.2 Å². The van der Waals surface area contributed by atoms with Gasteiger partial charge in [-0.3, -0.25) is 0 Å². The van der Waals surface area contributed by atoms with E-state index < -0.39 is 0 Å². The van der Waals surface area contributed by atoms with Crippen LogP contribution in [0.4, 0.5) is 0 Å². The summed E-state index contributed by atoms with van der Waals surface area (Å²) in [4.78, 5) is 0. The van der Waals surface area contributed by atoms with Crippen molar-refractivity contribution < 1.29 is 5.11 Å². The van der Waals surface area contributed by atoms with E-state index in [-0.39, 0.29) is 11.8 Å². The largest absolute Gasteiger partial charge is 0.508 e. The average Bonchev–Trinajstić information content (AvgIpc) is 2.13. The molecule has 16 heavy (non-hydrogen) atoms. The van der Waals surface area contributed by atoms with Crippen molar-refractivity contribution in [2.24, 2.45) is 5.73 Å². The molecule has 0 aromatic heterocycles. The van der Waals surface area contributed by atoms with Crippen LogP contribution in [0, 0.1) is 13.8 Å². The Morgan fingerprint density at radius 3 is 2.62 bits per heavy atom. The third-order valence-electron chi connectivity index (χ3n) is 2.65. The molecule has 0 bridgehead atoms. The van der Waals surface area contributed by atoms with Crippen LogP contribution in [0.1, 0.15) is 36.1 Å². The van der Waals surface area contributed by atoms with E-state index in [0.29, 0.717) is 6.42 Å². The van der Waals surface area contributed by atoms with Gasteiger partial charge in [-0.1, -0.05) is 21.5 Å². The molecule has 0 aliphatic carbocycles. The zero-order chi connectivity index (χ0) is 12.5. The summed E-state index contributed by atoms with van der Waals surface area (Å²) >= 11 is 3.51. The van der Waals surface area contributed by atoms with Gasteiger partial charge in [-0.15, -0.1) is 6.58 Å². The first-order chi connectivity index (χ1) is 7.34. The molecule has 0 amide bonds. The molecule has 0 radical (unpaired) electrons. The molecule has 1 atom stereocenters. The summed E-state index contributed by atoms with van der Waals surface area (Å²) in [5.41, 5.74) is 9.92. The summed E-state index contributed by atoms with van der Waals surface area (Å²) in [5, 5.41) is 9.95. The van der Waals surface area contributed by atoms with Gasteiger partial charge in [0.1, 0.15) is 5.75 Å². The molecule has 0 saturated carbocycles. The lowest BCUT2D eigenvalue weighted by atomic mass is 9.94. The van der Waals surface area contributed by atoms with Crippen molar-refractivity contribution in [3.8, 4) is 5.75 Å². The highest BCUT2D eigenvalue weighted by molar-refractivity contribution is 9.10. The Hall–Kier alpha value is -0.800. The molecule has 0 saturated heterocycles. The van der Waals surface area contributed by atoms with Crippen molar-refractivity contribution >= 4 is 15.9 Å². The van der Waals surface area contributed by atoms with Gasteiger partial charge in [0.25, 0.3) is 0 Å². The van der Waals surface area contributed by atoms with Crippen LogP contribution in [0.25, 0.3) is 0 Å². The van der Waals surface area contributed by atoms with Crippen molar-refractivity contribution in [2.75, 3.05) is 0 Å². The normalized spacial score (nSPS) is 12.6. The summed E-state index contributed by atoms with van der Waals surface area (Å²) in [6.45, 7) is 9.70.